The fourth-order valence-electron chi connectivity index (χ4n) is 3.94. The Morgan fingerprint density at radius 2 is 1.76 bits per heavy atom. The molecule has 1 fully saturated rings. The molecule has 2 aromatic carbocycles. The predicted molar refractivity (Wildman–Crippen MR) is 125 cm³/mol. The maximum Gasteiger partial charge on any atom is 0.311 e. The summed E-state index contributed by atoms with van der Waals surface area (Å²) in [6, 6.07) is 11.0. The quantitative estimate of drug-likeness (QED) is 0.584. The van der Waals surface area contributed by atoms with Crippen molar-refractivity contribution in [2.75, 3.05) is 37.6 Å². The Balaban J connectivity index is 1.62. The molecular weight excluding hydrogens is 424 g/mol. The summed E-state index contributed by atoms with van der Waals surface area (Å²) in [7, 11) is 3.04. The molecule has 33 heavy (non-hydrogen) atoms. The van der Waals surface area contributed by atoms with Gasteiger partial charge in [-0.15, -0.1) is 0 Å². The number of hydrogen-bond donors (Lipinski definition) is 1. The van der Waals surface area contributed by atoms with Crippen LogP contribution in [-0.4, -0.2) is 45.2 Å². The first-order chi connectivity index (χ1) is 15.9. The highest BCUT2D eigenvalue weighted by molar-refractivity contribution is 6.01. The highest BCUT2D eigenvalue weighted by Crippen LogP contribution is 2.36. The second-order valence-electron chi connectivity index (χ2n) is 7.76. The van der Waals surface area contributed by atoms with Gasteiger partial charge in [-0.05, 0) is 36.1 Å². The summed E-state index contributed by atoms with van der Waals surface area (Å²) in [5.41, 5.74) is 3.35. The number of anilines is 2. The highest BCUT2D eigenvalue weighted by atomic mass is 16.5. The predicted octanol–water partition coefficient (Wildman–Crippen LogP) is 3.36. The smallest absolute Gasteiger partial charge is 0.311 e. The van der Waals surface area contributed by atoms with Crippen molar-refractivity contribution < 1.29 is 28.6 Å². The summed E-state index contributed by atoms with van der Waals surface area (Å²) in [6.45, 7) is 3.77. The Bertz CT molecular complexity index is 1010. The van der Waals surface area contributed by atoms with Gasteiger partial charge in [0.05, 0.1) is 25.8 Å². The molecule has 8 heteroatoms. The third-order valence-corrected chi connectivity index (χ3v) is 5.74. The van der Waals surface area contributed by atoms with Gasteiger partial charge in [0.25, 0.3) is 5.91 Å². The van der Waals surface area contributed by atoms with Crippen molar-refractivity contribution in [1.29, 1.82) is 0 Å². The van der Waals surface area contributed by atoms with Gasteiger partial charge in [-0.25, -0.2) is 0 Å². The van der Waals surface area contributed by atoms with Crippen LogP contribution in [-0.2, 0) is 32.0 Å². The van der Waals surface area contributed by atoms with Crippen LogP contribution in [0.3, 0.4) is 0 Å². The maximum atomic E-state index is 12.6. The van der Waals surface area contributed by atoms with Crippen LogP contribution in [0, 0.1) is 5.92 Å². The molecule has 0 radical (unpaired) electrons. The number of nitrogens with one attached hydrogen (secondary N) is 1. The third-order valence-electron chi connectivity index (χ3n) is 5.74. The number of amides is 2. The highest BCUT2D eigenvalue weighted by Gasteiger charge is 2.37. The Labute approximate surface area is 193 Å². The largest absolute Gasteiger partial charge is 0.497 e. The topological polar surface area (TPSA) is 94.2 Å². The number of carbonyl (C=O) groups is 3. The van der Waals surface area contributed by atoms with Gasteiger partial charge in [0.1, 0.15) is 11.5 Å². The SMILES string of the molecule is CCc1cccc(CC)c1NC(=O)COC(=O)[C@@H]1CC(=O)N(c2cc(OC)ccc2OC)C1. The molecule has 1 aliphatic rings. The average Bonchev–Trinajstić information content (AvgIpc) is 3.23. The van der Waals surface area contributed by atoms with Gasteiger partial charge in [-0.2, -0.15) is 0 Å². The van der Waals surface area contributed by atoms with Crippen molar-refractivity contribution in [2.24, 2.45) is 5.92 Å². The Morgan fingerprint density at radius 3 is 2.36 bits per heavy atom. The van der Waals surface area contributed by atoms with Crippen LogP contribution >= 0.6 is 0 Å². The molecule has 0 saturated carbocycles. The summed E-state index contributed by atoms with van der Waals surface area (Å²) in [5, 5.41) is 2.87. The molecule has 0 bridgehead atoms. The van der Waals surface area contributed by atoms with Crippen molar-refractivity contribution in [3.63, 3.8) is 0 Å². The lowest BCUT2D eigenvalue weighted by molar-refractivity contribution is -0.151. The number of esters is 1. The maximum absolute atomic E-state index is 12.6. The van der Waals surface area contributed by atoms with Gasteiger partial charge in [-0.1, -0.05) is 32.0 Å². The minimum atomic E-state index is -0.671. The molecule has 1 saturated heterocycles. The molecule has 1 N–H and O–H groups in total. The number of hydrogen-bond acceptors (Lipinski definition) is 6. The Kier molecular flexibility index (Phi) is 7.92. The number of rotatable bonds is 9. The van der Waals surface area contributed by atoms with Crippen LogP contribution in [0.2, 0.25) is 0 Å². The zero-order valence-corrected chi connectivity index (χ0v) is 19.5. The van der Waals surface area contributed by atoms with Crippen LogP contribution in [0.5, 0.6) is 11.5 Å². The van der Waals surface area contributed by atoms with Gasteiger partial charge in [-0.3, -0.25) is 14.4 Å². The molecule has 0 unspecified atom stereocenters. The Hall–Kier alpha value is -3.55. The average molecular weight is 455 g/mol. The van der Waals surface area contributed by atoms with Gasteiger partial charge in [0.2, 0.25) is 5.91 Å². The van der Waals surface area contributed by atoms with E-state index in [1.165, 1.54) is 19.1 Å². The molecule has 2 amide bonds. The van der Waals surface area contributed by atoms with E-state index < -0.39 is 24.4 Å². The Morgan fingerprint density at radius 1 is 1.06 bits per heavy atom. The van der Waals surface area contributed by atoms with E-state index in [1.54, 1.807) is 18.2 Å². The lowest BCUT2D eigenvalue weighted by Crippen LogP contribution is -2.28. The molecular formula is C25H30N2O6. The second-order valence-corrected chi connectivity index (χ2v) is 7.76. The summed E-state index contributed by atoms with van der Waals surface area (Å²) >= 11 is 0. The van der Waals surface area contributed by atoms with Crippen LogP contribution in [0.4, 0.5) is 11.4 Å². The summed E-state index contributed by atoms with van der Waals surface area (Å²) < 4.78 is 15.9. The molecule has 8 nitrogen and oxygen atoms in total. The van der Waals surface area contributed by atoms with Crippen LogP contribution in [0.1, 0.15) is 31.4 Å². The molecule has 2 aromatic rings. The van der Waals surface area contributed by atoms with E-state index in [-0.39, 0.29) is 18.9 Å². The molecule has 1 atom stereocenters. The minimum Gasteiger partial charge on any atom is -0.497 e. The second kappa shape index (κ2) is 10.8. The molecule has 3 rings (SSSR count). The number of ether oxygens (including phenoxy) is 3. The van der Waals surface area contributed by atoms with E-state index in [4.69, 9.17) is 14.2 Å². The number of benzene rings is 2. The molecule has 1 aliphatic heterocycles. The number of aryl methyl sites for hydroxylation is 2. The van der Waals surface area contributed by atoms with E-state index in [0.717, 1.165) is 29.7 Å². The summed E-state index contributed by atoms with van der Waals surface area (Å²) in [6.07, 6.45) is 1.55. The van der Waals surface area contributed by atoms with Gasteiger partial charge >= 0.3 is 5.97 Å². The monoisotopic (exact) mass is 454 g/mol. The first kappa shape index (κ1) is 24.1. The molecule has 0 aliphatic carbocycles. The molecule has 0 spiro atoms. The van der Waals surface area contributed by atoms with E-state index in [9.17, 15) is 14.4 Å². The molecule has 1 heterocycles. The minimum absolute atomic E-state index is 0.000528. The van der Waals surface area contributed by atoms with Crippen molar-refractivity contribution in [1.82, 2.24) is 0 Å². The molecule has 176 valence electrons. The van der Waals surface area contributed by atoms with Crippen molar-refractivity contribution >= 4 is 29.2 Å². The van der Waals surface area contributed by atoms with E-state index in [2.05, 4.69) is 5.32 Å². The van der Waals surface area contributed by atoms with Crippen LogP contribution < -0.4 is 19.7 Å². The van der Waals surface area contributed by atoms with Gasteiger partial charge in [0.15, 0.2) is 6.61 Å². The van der Waals surface area contributed by atoms with Crippen LogP contribution in [0.15, 0.2) is 36.4 Å². The van der Waals surface area contributed by atoms with E-state index in [1.807, 2.05) is 32.0 Å². The van der Waals surface area contributed by atoms with E-state index >= 15 is 0 Å². The number of nitrogens with zero attached hydrogens (tertiary/aromatic N) is 1. The summed E-state index contributed by atoms with van der Waals surface area (Å²) in [5.74, 6) is -0.816. The normalized spacial score (nSPS) is 15.3. The van der Waals surface area contributed by atoms with Crippen LogP contribution in [0.25, 0.3) is 0 Å². The molecule has 0 aromatic heterocycles. The summed E-state index contributed by atoms with van der Waals surface area (Å²) in [4.78, 5) is 39.2. The fourth-order valence-corrected chi connectivity index (χ4v) is 3.94. The van der Waals surface area contributed by atoms with Crippen molar-refractivity contribution in [3.05, 3.63) is 47.5 Å². The van der Waals surface area contributed by atoms with Gasteiger partial charge in [0, 0.05) is 24.7 Å². The number of para-hydroxylation sites is 1. The fraction of sp³-hybridized carbons (Fsp3) is 0.400. The first-order valence-corrected chi connectivity index (χ1v) is 11.0. The lowest BCUT2D eigenvalue weighted by atomic mass is 10.0. The van der Waals surface area contributed by atoms with Crippen molar-refractivity contribution in [3.8, 4) is 11.5 Å². The number of methoxy groups -OCH3 is 2. The zero-order chi connectivity index (χ0) is 24.0. The van der Waals surface area contributed by atoms with Crippen molar-refractivity contribution in [2.45, 2.75) is 33.1 Å². The third kappa shape index (κ3) is 5.45. The lowest BCUT2D eigenvalue weighted by Gasteiger charge is -2.20. The van der Waals surface area contributed by atoms with Gasteiger partial charge < -0.3 is 24.4 Å². The number of carbonyl (C=O) groups excluding carboxylic acids is 3. The standard InChI is InChI=1S/C25H30N2O6/c1-5-16-8-7-9-17(6-2)24(16)26-22(28)15-33-25(30)18-12-23(29)27(14-18)20-13-19(31-3)10-11-21(20)32-4/h7-11,13,18H,5-6,12,14-15H2,1-4H3,(H,26,28)/t18-/m1/s1. The first-order valence-electron chi connectivity index (χ1n) is 11.0. The zero-order valence-electron chi connectivity index (χ0n) is 19.5. The van der Waals surface area contributed by atoms with E-state index in [0.29, 0.717) is 17.2 Å².